The van der Waals surface area contributed by atoms with Gasteiger partial charge in [0, 0.05) is 0 Å². The molecule has 15 heavy (non-hydrogen) atoms. The van der Waals surface area contributed by atoms with E-state index in [2.05, 4.69) is 12.7 Å². The molecule has 4 nitrogen and oxygen atoms in total. The Kier molecular flexibility index (Phi) is 15.9. The number of nitrogens with one attached hydrogen (secondary N) is 2. The van der Waals surface area contributed by atoms with E-state index in [1.165, 1.54) is 38.5 Å². The van der Waals surface area contributed by atoms with Crippen molar-refractivity contribution in [2.24, 2.45) is 5.92 Å². The van der Waals surface area contributed by atoms with E-state index in [0.29, 0.717) is 0 Å². The SMILES string of the molecule is C=CCC1CCCCC1.N=C=O.N=C=O. The van der Waals surface area contributed by atoms with E-state index in [1.807, 2.05) is 0 Å². The van der Waals surface area contributed by atoms with Gasteiger partial charge in [0.2, 0.25) is 12.2 Å². The highest BCUT2D eigenvalue weighted by Crippen LogP contribution is 2.25. The molecule has 1 rings (SSSR count). The van der Waals surface area contributed by atoms with E-state index in [0.717, 1.165) is 18.1 Å². The minimum absolute atomic E-state index is 0.750. The molecule has 0 aromatic carbocycles. The maximum Gasteiger partial charge on any atom is 0.231 e. The highest BCUT2D eigenvalue weighted by atomic mass is 16.1. The average molecular weight is 210 g/mol. The second kappa shape index (κ2) is 15.0. The van der Waals surface area contributed by atoms with Crippen molar-refractivity contribution in [1.82, 2.24) is 0 Å². The van der Waals surface area contributed by atoms with Gasteiger partial charge in [-0.25, -0.2) is 20.4 Å². The molecule has 0 heterocycles. The summed E-state index contributed by atoms with van der Waals surface area (Å²) in [4.78, 5) is 16.7. The molecule has 0 aliphatic heterocycles. The molecule has 0 bridgehead atoms. The lowest BCUT2D eigenvalue weighted by Crippen LogP contribution is -2.04. The first-order valence-electron chi connectivity index (χ1n) is 4.95. The van der Waals surface area contributed by atoms with Crippen LogP contribution in [0.1, 0.15) is 38.5 Å². The van der Waals surface area contributed by atoms with Gasteiger partial charge in [-0.15, -0.1) is 6.58 Å². The Hall–Kier alpha value is -1.50. The zero-order chi connectivity index (χ0) is 11.9. The Bertz CT molecular complexity index is 197. The van der Waals surface area contributed by atoms with Crippen LogP contribution in [0.2, 0.25) is 0 Å². The summed E-state index contributed by atoms with van der Waals surface area (Å²) in [5, 5.41) is 10.8. The minimum atomic E-state index is 0.750. The van der Waals surface area contributed by atoms with Crippen LogP contribution in [0.4, 0.5) is 0 Å². The van der Waals surface area contributed by atoms with E-state index in [4.69, 9.17) is 20.4 Å². The van der Waals surface area contributed by atoms with Crippen LogP contribution in [0.5, 0.6) is 0 Å². The van der Waals surface area contributed by atoms with Crippen molar-refractivity contribution in [2.75, 3.05) is 0 Å². The van der Waals surface area contributed by atoms with Crippen LogP contribution in [0.25, 0.3) is 0 Å². The molecular formula is C11H18N2O2. The lowest BCUT2D eigenvalue weighted by atomic mass is 9.87. The van der Waals surface area contributed by atoms with Gasteiger partial charge in [0.15, 0.2) is 0 Å². The van der Waals surface area contributed by atoms with Gasteiger partial charge in [-0.1, -0.05) is 38.2 Å². The summed E-state index contributed by atoms with van der Waals surface area (Å²) in [6.07, 6.45) is 12.1. The smallest absolute Gasteiger partial charge is 0.222 e. The molecule has 0 saturated heterocycles. The average Bonchev–Trinajstić information content (AvgIpc) is 2.22. The Balaban J connectivity index is 0. The third-order valence-corrected chi connectivity index (χ3v) is 2.22. The van der Waals surface area contributed by atoms with Crippen molar-refractivity contribution in [2.45, 2.75) is 38.5 Å². The molecule has 1 aliphatic carbocycles. The largest absolute Gasteiger partial charge is 0.231 e. The summed E-state index contributed by atoms with van der Waals surface area (Å²) < 4.78 is 0. The molecule has 1 saturated carbocycles. The third kappa shape index (κ3) is 15.3. The molecule has 0 spiro atoms. The Morgan fingerprint density at radius 1 is 1.13 bits per heavy atom. The van der Waals surface area contributed by atoms with E-state index >= 15 is 0 Å². The first-order valence-corrected chi connectivity index (χ1v) is 4.95. The lowest BCUT2D eigenvalue weighted by molar-refractivity contribution is 0.361. The quantitative estimate of drug-likeness (QED) is 0.417. The fraction of sp³-hybridized carbons (Fsp3) is 0.636. The molecule has 0 amide bonds. The van der Waals surface area contributed by atoms with Crippen molar-refractivity contribution in [3.63, 3.8) is 0 Å². The normalized spacial score (nSPS) is 14.1. The van der Waals surface area contributed by atoms with E-state index in [-0.39, 0.29) is 0 Å². The molecule has 1 fully saturated rings. The highest BCUT2D eigenvalue weighted by Gasteiger charge is 2.10. The molecular weight excluding hydrogens is 192 g/mol. The predicted molar refractivity (Wildman–Crippen MR) is 58.2 cm³/mol. The Morgan fingerprint density at radius 3 is 1.87 bits per heavy atom. The van der Waals surface area contributed by atoms with Crippen molar-refractivity contribution >= 4 is 12.2 Å². The summed E-state index contributed by atoms with van der Waals surface area (Å²) in [5.41, 5.74) is 0. The van der Waals surface area contributed by atoms with Gasteiger partial charge in [-0.3, -0.25) is 0 Å². The van der Waals surface area contributed by atoms with E-state index in [9.17, 15) is 0 Å². The molecule has 0 atom stereocenters. The molecule has 84 valence electrons. The van der Waals surface area contributed by atoms with Crippen molar-refractivity contribution in [1.29, 1.82) is 10.8 Å². The molecule has 4 heteroatoms. The van der Waals surface area contributed by atoms with Gasteiger partial charge in [0.25, 0.3) is 0 Å². The van der Waals surface area contributed by atoms with E-state index in [1.54, 1.807) is 0 Å². The first kappa shape index (κ1) is 15.9. The van der Waals surface area contributed by atoms with Gasteiger partial charge in [0.1, 0.15) is 0 Å². The maximum atomic E-state index is 8.35. The van der Waals surface area contributed by atoms with Crippen LogP contribution in [0.15, 0.2) is 12.7 Å². The maximum absolute atomic E-state index is 8.35. The zero-order valence-electron chi connectivity index (χ0n) is 8.92. The number of isocyanates is 2. The molecule has 0 aromatic rings. The lowest BCUT2D eigenvalue weighted by Gasteiger charge is -2.19. The first-order chi connectivity index (χ1) is 7.26. The van der Waals surface area contributed by atoms with Crippen LogP contribution in [-0.2, 0) is 9.59 Å². The van der Waals surface area contributed by atoms with Gasteiger partial charge in [-0.2, -0.15) is 0 Å². The Labute approximate surface area is 90.4 Å². The van der Waals surface area contributed by atoms with Crippen molar-refractivity contribution < 1.29 is 9.59 Å². The monoisotopic (exact) mass is 210 g/mol. The summed E-state index contributed by atoms with van der Waals surface area (Å²) in [6, 6.07) is 0. The van der Waals surface area contributed by atoms with Gasteiger partial charge >= 0.3 is 0 Å². The highest BCUT2D eigenvalue weighted by molar-refractivity contribution is 5.26. The van der Waals surface area contributed by atoms with Crippen LogP contribution in [0, 0.1) is 16.7 Å². The van der Waals surface area contributed by atoms with Gasteiger partial charge in [0.05, 0.1) is 0 Å². The second-order valence-corrected chi connectivity index (χ2v) is 3.23. The van der Waals surface area contributed by atoms with Crippen LogP contribution in [-0.4, -0.2) is 12.2 Å². The fourth-order valence-corrected chi connectivity index (χ4v) is 1.66. The summed E-state index contributed by atoms with van der Waals surface area (Å²) >= 11 is 0. The molecule has 2 N–H and O–H groups in total. The topological polar surface area (TPSA) is 81.8 Å². The van der Waals surface area contributed by atoms with E-state index < -0.39 is 0 Å². The Morgan fingerprint density at radius 2 is 1.53 bits per heavy atom. The predicted octanol–water partition coefficient (Wildman–Crippen LogP) is 2.94. The molecule has 0 aromatic heterocycles. The summed E-state index contributed by atoms with van der Waals surface area (Å²) in [5.74, 6) is 0.983. The van der Waals surface area contributed by atoms with Gasteiger partial charge < -0.3 is 0 Å². The zero-order valence-corrected chi connectivity index (χ0v) is 8.92. The van der Waals surface area contributed by atoms with Crippen LogP contribution in [0.3, 0.4) is 0 Å². The minimum Gasteiger partial charge on any atom is -0.222 e. The molecule has 0 unspecified atom stereocenters. The van der Waals surface area contributed by atoms with Crippen molar-refractivity contribution in [3.05, 3.63) is 12.7 Å². The van der Waals surface area contributed by atoms with Crippen LogP contribution >= 0.6 is 0 Å². The number of carbonyl (C=O) groups excluding carboxylic acids is 2. The number of allylic oxidation sites excluding steroid dienone is 1. The number of rotatable bonds is 2. The fourth-order valence-electron chi connectivity index (χ4n) is 1.66. The van der Waals surface area contributed by atoms with Crippen LogP contribution < -0.4 is 0 Å². The molecule has 0 radical (unpaired) electrons. The molecule has 1 aliphatic rings. The van der Waals surface area contributed by atoms with Gasteiger partial charge in [-0.05, 0) is 12.3 Å². The standard InChI is InChI=1S/C9H16.2CHNO/c1-2-6-9-7-4-3-5-8-9;2*2-1-3/h2,9H,1,3-8H2;2*2H. The van der Waals surface area contributed by atoms with Crippen molar-refractivity contribution in [3.8, 4) is 0 Å². The third-order valence-electron chi connectivity index (χ3n) is 2.22. The summed E-state index contributed by atoms with van der Waals surface area (Å²) in [7, 11) is 0. The summed E-state index contributed by atoms with van der Waals surface area (Å²) in [6.45, 7) is 3.75. The number of hydrogen-bond donors (Lipinski definition) is 2. The number of hydrogen-bond acceptors (Lipinski definition) is 4. The second-order valence-electron chi connectivity index (χ2n) is 3.23.